The number of nitrogens with one attached hydrogen (secondary N) is 1. The molecule has 11 heteroatoms. The van der Waals surface area contributed by atoms with Gasteiger partial charge in [-0.1, -0.05) is 12.7 Å². The minimum absolute atomic E-state index is 0.304. The Hall–Kier alpha value is -0.330. The zero-order valence-electron chi connectivity index (χ0n) is 11.1. The first kappa shape index (κ1) is 18.0. The van der Waals surface area contributed by atoms with E-state index in [1.54, 1.807) is 6.08 Å². The summed E-state index contributed by atoms with van der Waals surface area (Å²) in [4.78, 5) is 28.8. The minimum Gasteiger partial charge on any atom is -0.388 e. The van der Waals surface area contributed by atoms with Gasteiger partial charge in [0.2, 0.25) is 0 Å². The van der Waals surface area contributed by atoms with Crippen LogP contribution in [-0.2, 0) is 18.6 Å². The van der Waals surface area contributed by atoms with Crippen molar-refractivity contribution in [3.05, 3.63) is 21.9 Å². The van der Waals surface area contributed by atoms with Gasteiger partial charge in [-0.3, -0.25) is 9.32 Å². The average Bonchev–Trinajstić information content (AvgIpc) is 2.68. The van der Waals surface area contributed by atoms with E-state index in [2.05, 4.69) is 16.4 Å². The number of rotatable bonds is 4. The number of aliphatic hydroxyl groups is 2. The molecule has 5 N–H and O–H groups in total. The van der Waals surface area contributed by atoms with Gasteiger partial charge in [-0.15, -0.1) is 0 Å². The Balaban J connectivity index is 2.11. The zero-order valence-corrected chi connectivity index (χ0v) is 14.2. The van der Waals surface area contributed by atoms with Crippen LogP contribution in [0.1, 0.15) is 0 Å². The van der Waals surface area contributed by atoms with Gasteiger partial charge in [-0.25, -0.2) is 4.57 Å². The topological polar surface area (TPSA) is 146 Å². The molecule has 2 aliphatic heterocycles. The van der Waals surface area contributed by atoms with Gasteiger partial charge in [-0.05, 0) is 22.6 Å². The highest BCUT2D eigenvalue weighted by Crippen LogP contribution is 2.39. The van der Waals surface area contributed by atoms with E-state index < -0.39 is 44.8 Å². The SMILES string of the molecule is C=C1NC(=O)C(I)=CC1[C@@H]1O[C@H](COP(=O)(O)O)[C@@H](O)[C@H]1O. The van der Waals surface area contributed by atoms with Gasteiger partial charge >= 0.3 is 7.82 Å². The highest BCUT2D eigenvalue weighted by Gasteiger charge is 2.47. The molecule has 0 saturated carbocycles. The van der Waals surface area contributed by atoms with Crippen molar-refractivity contribution in [1.82, 2.24) is 5.32 Å². The van der Waals surface area contributed by atoms with Crippen molar-refractivity contribution in [2.75, 3.05) is 6.61 Å². The first-order valence-corrected chi connectivity index (χ1v) is 8.80. The van der Waals surface area contributed by atoms with E-state index in [9.17, 15) is 19.6 Å². The van der Waals surface area contributed by atoms with Gasteiger partial charge in [0.1, 0.15) is 18.3 Å². The van der Waals surface area contributed by atoms with E-state index in [1.807, 2.05) is 22.6 Å². The first-order chi connectivity index (χ1) is 10.1. The normalized spacial score (nSPS) is 36.2. The Kier molecular flexibility index (Phi) is 5.45. The summed E-state index contributed by atoms with van der Waals surface area (Å²) in [6.45, 7) is 3.11. The predicted molar refractivity (Wildman–Crippen MR) is 81.5 cm³/mol. The van der Waals surface area contributed by atoms with Crippen molar-refractivity contribution in [3.8, 4) is 0 Å². The average molecular weight is 447 g/mol. The Morgan fingerprint density at radius 2 is 2.05 bits per heavy atom. The molecule has 2 rings (SSSR count). The van der Waals surface area contributed by atoms with Crippen molar-refractivity contribution >= 4 is 36.3 Å². The van der Waals surface area contributed by atoms with Gasteiger partial charge in [0, 0.05) is 11.6 Å². The summed E-state index contributed by atoms with van der Waals surface area (Å²) >= 11 is 1.82. The van der Waals surface area contributed by atoms with Crippen LogP contribution >= 0.6 is 30.4 Å². The van der Waals surface area contributed by atoms with Crippen LogP contribution in [0.15, 0.2) is 21.9 Å². The van der Waals surface area contributed by atoms with E-state index in [4.69, 9.17) is 14.5 Å². The molecule has 0 aromatic rings. The predicted octanol–water partition coefficient (Wildman–Crippen LogP) is -0.837. The summed E-state index contributed by atoms with van der Waals surface area (Å²) in [5, 5.41) is 22.5. The van der Waals surface area contributed by atoms with Crippen LogP contribution < -0.4 is 5.32 Å². The lowest BCUT2D eigenvalue weighted by Crippen LogP contribution is -2.41. The molecule has 2 heterocycles. The second kappa shape index (κ2) is 6.65. The van der Waals surface area contributed by atoms with E-state index in [-0.39, 0.29) is 5.91 Å². The molecule has 22 heavy (non-hydrogen) atoms. The minimum atomic E-state index is -4.71. The monoisotopic (exact) mass is 447 g/mol. The number of aliphatic hydroxyl groups excluding tert-OH is 2. The molecule has 0 spiro atoms. The van der Waals surface area contributed by atoms with E-state index in [0.29, 0.717) is 9.28 Å². The number of carbonyl (C=O) groups is 1. The Morgan fingerprint density at radius 3 is 2.64 bits per heavy atom. The van der Waals surface area contributed by atoms with Crippen LogP contribution in [-0.4, -0.2) is 56.9 Å². The third-order valence-electron chi connectivity index (χ3n) is 3.38. The van der Waals surface area contributed by atoms with Crippen molar-refractivity contribution in [3.63, 3.8) is 0 Å². The molecule has 2 aliphatic rings. The number of phosphoric acid groups is 1. The fourth-order valence-electron chi connectivity index (χ4n) is 2.30. The second-order valence-electron chi connectivity index (χ2n) is 4.93. The first-order valence-electron chi connectivity index (χ1n) is 6.19. The van der Waals surface area contributed by atoms with Crippen LogP contribution in [0.5, 0.6) is 0 Å². The Labute approximate surface area is 139 Å². The van der Waals surface area contributed by atoms with Crippen LogP contribution in [0.3, 0.4) is 0 Å². The smallest absolute Gasteiger partial charge is 0.388 e. The van der Waals surface area contributed by atoms with Crippen molar-refractivity contribution < 1.29 is 38.6 Å². The molecule has 5 atom stereocenters. The van der Waals surface area contributed by atoms with Gasteiger partial charge in [0.05, 0.1) is 16.3 Å². The maximum atomic E-state index is 11.5. The van der Waals surface area contributed by atoms with Gasteiger partial charge in [0.25, 0.3) is 5.91 Å². The zero-order chi connectivity index (χ0) is 16.7. The Morgan fingerprint density at radius 1 is 1.41 bits per heavy atom. The van der Waals surface area contributed by atoms with Gasteiger partial charge in [-0.2, -0.15) is 0 Å². The lowest BCUT2D eigenvalue weighted by atomic mass is 9.91. The van der Waals surface area contributed by atoms with Crippen molar-refractivity contribution in [2.24, 2.45) is 5.92 Å². The second-order valence-corrected chi connectivity index (χ2v) is 7.33. The molecule has 0 aromatic carbocycles. The van der Waals surface area contributed by atoms with Crippen LogP contribution in [0, 0.1) is 5.92 Å². The standard InChI is InChI=1S/C11H15INO8P/c1-4-5(2-6(12)11(16)13-4)10-9(15)8(14)7(21-10)3-20-22(17,18)19/h2,5,7-10,14-15H,1,3H2,(H,13,16)(H2,17,18,19)/t5?,7-,8-,9-,10+/m1/s1. The molecule has 1 saturated heterocycles. The van der Waals surface area contributed by atoms with Crippen LogP contribution in [0.4, 0.5) is 0 Å². The maximum Gasteiger partial charge on any atom is 0.469 e. The summed E-state index contributed by atoms with van der Waals surface area (Å²) in [5.74, 6) is -0.898. The maximum absolute atomic E-state index is 11.5. The molecule has 0 aromatic heterocycles. The van der Waals surface area contributed by atoms with E-state index in [0.717, 1.165) is 0 Å². The summed E-state index contributed by atoms with van der Waals surface area (Å²) in [6, 6.07) is 0. The molecular weight excluding hydrogens is 432 g/mol. The number of ether oxygens (including phenoxy) is 1. The third kappa shape index (κ3) is 3.95. The Bertz CT molecular complexity index is 560. The van der Waals surface area contributed by atoms with Crippen LogP contribution in [0.25, 0.3) is 0 Å². The largest absolute Gasteiger partial charge is 0.469 e. The fourth-order valence-corrected chi connectivity index (χ4v) is 3.16. The number of amides is 1. The van der Waals surface area contributed by atoms with Gasteiger partial charge < -0.3 is 30.1 Å². The van der Waals surface area contributed by atoms with Gasteiger partial charge in [0.15, 0.2) is 0 Å². The molecule has 9 nitrogen and oxygen atoms in total. The molecular formula is C11H15INO8P. The lowest BCUT2D eigenvalue weighted by molar-refractivity contribution is -0.116. The summed E-state index contributed by atoms with van der Waals surface area (Å²) in [6.07, 6.45) is -3.17. The number of phosphoric ester groups is 1. The number of hydrogen-bond acceptors (Lipinski definition) is 6. The summed E-state index contributed by atoms with van der Waals surface area (Å²) < 4.78 is 20.8. The fraction of sp³-hybridized carbons (Fsp3) is 0.545. The highest BCUT2D eigenvalue weighted by molar-refractivity contribution is 14.1. The van der Waals surface area contributed by atoms with Crippen molar-refractivity contribution in [1.29, 1.82) is 0 Å². The van der Waals surface area contributed by atoms with Crippen molar-refractivity contribution in [2.45, 2.75) is 24.4 Å². The van der Waals surface area contributed by atoms with Crippen LogP contribution in [0.2, 0.25) is 0 Å². The molecule has 1 amide bonds. The highest BCUT2D eigenvalue weighted by atomic mass is 127. The van der Waals surface area contributed by atoms with E-state index in [1.165, 1.54) is 0 Å². The molecule has 1 fully saturated rings. The number of carbonyl (C=O) groups excluding carboxylic acids is 1. The quantitative estimate of drug-likeness (QED) is 0.277. The summed E-state index contributed by atoms with van der Waals surface area (Å²) in [7, 11) is -4.71. The summed E-state index contributed by atoms with van der Waals surface area (Å²) in [5.41, 5.74) is 0.304. The molecule has 0 aliphatic carbocycles. The molecule has 1 unspecified atom stereocenters. The number of halogens is 1. The molecule has 124 valence electrons. The lowest BCUT2D eigenvalue weighted by Gasteiger charge is -2.28. The molecule has 0 radical (unpaired) electrons. The van der Waals surface area contributed by atoms with E-state index >= 15 is 0 Å². The number of hydrogen-bond donors (Lipinski definition) is 5. The third-order valence-corrected chi connectivity index (χ3v) is 4.71. The molecule has 0 bridgehead atoms.